The largest absolute Gasteiger partial charge is 0.416 e. The lowest BCUT2D eigenvalue weighted by atomic mass is 10.2. The van der Waals surface area contributed by atoms with Crippen LogP contribution in [0, 0.1) is 6.92 Å². The molecule has 0 saturated carbocycles. The number of aryl methyl sites for hydroxylation is 1. The van der Waals surface area contributed by atoms with Crippen LogP contribution in [0.5, 0.6) is 0 Å². The van der Waals surface area contributed by atoms with Crippen molar-refractivity contribution in [2.24, 2.45) is 0 Å². The van der Waals surface area contributed by atoms with Crippen LogP contribution < -0.4 is 9.62 Å². The van der Waals surface area contributed by atoms with Gasteiger partial charge in [0, 0.05) is 0 Å². The third-order valence-corrected chi connectivity index (χ3v) is 7.79. The average molecular weight is 503 g/mol. The molecule has 0 spiro atoms. The fourth-order valence-electron chi connectivity index (χ4n) is 2.62. The summed E-state index contributed by atoms with van der Waals surface area (Å²) in [4.78, 5) is 12.4. The summed E-state index contributed by atoms with van der Waals surface area (Å²) in [6, 6.07) is 9.58. The zero-order chi connectivity index (χ0) is 23.5. The molecule has 1 amide bonds. The number of hydrogen-bond acceptors (Lipinski definition) is 7. The van der Waals surface area contributed by atoms with Gasteiger partial charge in [0.15, 0.2) is 4.34 Å². The number of sulfonamides is 1. The Morgan fingerprint density at radius 3 is 2.44 bits per heavy atom. The number of halogens is 3. The van der Waals surface area contributed by atoms with Gasteiger partial charge in [-0.25, -0.2) is 8.42 Å². The van der Waals surface area contributed by atoms with E-state index in [1.807, 2.05) is 0 Å². The first kappa shape index (κ1) is 24.0. The molecule has 1 N–H and O–H groups in total. The second-order valence-electron chi connectivity index (χ2n) is 6.50. The van der Waals surface area contributed by atoms with Crippen LogP contribution in [0.1, 0.15) is 11.1 Å². The summed E-state index contributed by atoms with van der Waals surface area (Å²) in [7, 11) is -4.35. The van der Waals surface area contributed by atoms with Crippen molar-refractivity contribution < 1.29 is 26.4 Å². The van der Waals surface area contributed by atoms with E-state index in [0.29, 0.717) is 14.7 Å². The van der Waals surface area contributed by atoms with Crippen molar-refractivity contribution in [2.45, 2.75) is 22.3 Å². The standard InChI is InChI=1S/C19H17F3N4O3S3/c1-12-6-8-15(9-7-12)32(28,29)26(14-5-3-4-13(10-14)19(20,21)22)11-16(27)23-17-24-25-18(30-2)31-17/h3-10H,11H2,1-2H3,(H,23,24,27). The average Bonchev–Trinajstić information content (AvgIpc) is 3.19. The molecule has 0 unspecified atom stereocenters. The maximum Gasteiger partial charge on any atom is 0.416 e. The minimum Gasteiger partial charge on any atom is -0.299 e. The lowest BCUT2D eigenvalue weighted by molar-refractivity contribution is -0.137. The third kappa shape index (κ3) is 5.58. The molecule has 7 nitrogen and oxygen atoms in total. The van der Waals surface area contributed by atoms with Crippen LogP contribution in [0.25, 0.3) is 0 Å². The Hall–Kier alpha value is -2.64. The highest BCUT2D eigenvalue weighted by atomic mass is 32.2. The molecule has 1 aromatic heterocycles. The molecule has 0 aliphatic heterocycles. The highest BCUT2D eigenvalue weighted by Crippen LogP contribution is 2.33. The topological polar surface area (TPSA) is 92.3 Å². The number of aromatic nitrogens is 2. The van der Waals surface area contributed by atoms with E-state index in [-0.39, 0.29) is 15.7 Å². The molecular weight excluding hydrogens is 485 g/mol. The summed E-state index contributed by atoms with van der Waals surface area (Å²) < 4.78 is 67.4. The van der Waals surface area contributed by atoms with Gasteiger partial charge in [0.1, 0.15) is 6.54 Å². The predicted molar refractivity (Wildman–Crippen MR) is 117 cm³/mol. The molecule has 2 aromatic carbocycles. The fraction of sp³-hybridized carbons (Fsp3) is 0.211. The first-order valence-electron chi connectivity index (χ1n) is 8.95. The molecule has 170 valence electrons. The van der Waals surface area contributed by atoms with Gasteiger partial charge in [0.25, 0.3) is 10.0 Å². The number of hydrogen-bond donors (Lipinski definition) is 1. The van der Waals surface area contributed by atoms with Crippen molar-refractivity contribution in [3.8, 4) is 0 Å². The van der Waals surface area contributed by atoms with Crippen LogP contribution in [0.4, 0.5) is 24.0 Å². The van der Waals surface area contributed by atoms with Crippen molar-refractivity contribution in [2.75, 3.05) is 22.4 Å². The second kappa shape index (κ2) is 9.46. The fourth-order valence-corrected chi connectivity index (χ4v) is 5.22. The number of rotatable bonds is 7. The first-order valence-corrected chi connectivity index (χ1v) is 12.4. The summed E-state index contributed by atoms with van der Waals surface area (Å²) in [6.07, 6.45) is -2.91. The van der Waals surface area contributed by atoms with Crippen LogP contribution in [-0.2, 0) is 21.0 Å². The van der Waals surface area contributed by atoms with Crippen molar-refractivity contribution in [1.82, 2.24) is 10.2 Å². The van der Waals surface area contributed by atoms with E-state index >= 15 is 0 Å². The van der Waals surface area contributed by atoms with Crippen LogP contribution in [0.2, 0.25) is 0 Å². The summed E-state index contributed by atoms with van der Waals surface area (Å²) in [5.41, 5.74) is -0.529. The van der Waals surface area contributed by atoms with Crippen molar-refractivity contribution in [3.05, 3.63) is 59.7 Å². The molecule has 1 heterocycles. The molecule has 0 radical (unpaired) electrons. The Kier molecular flexibility index (Phi) is 7.10. The Balaban J connectivity index is 1.99. The Morgan fingerprint density at radius 2 is 1.84 bits per heavy atom. The van der Waals surface area contributed by atoms with Gasteiger partial charge in [-0.15, -0.1) is 10.2 Å². The lowest BCUT2D eigenvalue weighted by Gasteiger charge is -2.24. The Labute approximate surface area is 190 Å². The quantitative estimate of drug-likeness (QED) is 0.380. The molecule has 0 bridgehead atoms. The third-order valence-electron chi connectivity index (χ3n) is 4.19. The zero-order valence-corrected chi connectivity index (χ0v) is 19.2. The SMILES string of the molecule is CSc1nnc(NC(=O)CN(c2cccc(C(F)(F)F)c2)S(=O)(=O)c2ccc(C)cc2)s1. The summed E-state index contributed by atoms with van der Waals surface area (Å²) in [5, 5.41) is 10.2. The molecule has 0 fully saturated rings. The van der Waals surface area contributed by atoms with E-state index in [1.54, 1.807) is 25.3 Å². The molecule has 3 aromatic rings. The maximum atomic E-state index is 13.3. The molecule has 3 rings (SSSR count). The molecule has 0 aliphatic carbocycles. The smallest absolute Gasteiger partial charge is 0.299 e. The number of carbonyl (C=O) groups excluding carboxylic acids is 1. The number of alkyl halides is 3. The maximum absolute atomic E-state index is 13.3. The predicted octanol–water partition coefficient (Wildman–Crippen LogP) is 4.42. The van der Waals surface area contributed by atoms with E-state index in [4.69, 9.17) is 0 Å². The number of carbonyl (C=O) groups is 1. The number of nitrogens with one attached hydrogen (secondary N) is 1. The molecule has 13 heteroatoms. The number of nitrogens with zero attached hydrogens (tertiary/aromatic N) is 3. The van der Waals surface area contributed by atoms with Gasteiger partial charge in [0.2, 0.25) is 11.0 Å². The van der Waals surface area contributed by atoms with Crippen molar-refractivity contribution >= 4 is 49.8 Å². The minimum absolute atomic E-state index is 0.149. The highest BCUT2D eigenvalue weighted by molar-refractivity contribution is 8.00. The second-order valence-corrected chi connectivity index (χ2v) is 10.4. The highest BCUT2D eigenvalue weighted by Gasteiger charge is 2.33. The molecule has 0 saturated heterocycles. The van der Waals surface area contributed by atoms with Crippen molar-refractivity contribution in [1.29, 1.82) is 0 Å². The normalized spacial score (nSPS) is 11.9. The first-order chi connectivity index (χ1) is 15.0. The van der Waals surface area contributed by atoms with E-state index in [9.17, 15) is 26.4 Å². The van der Waals surface area contributed by atoms with Gasteiger partial charge in [-0.3, -0.25) is 14.4 Å². The number of amides is 1. The Bertz CT molecular complexity index is 1210. The summed E-state index contributed by atoms with van der Waals surface area (Å²) in [6.45, 7) is 1.00. The monoisotopic (exact) mass is 502 g/mol. The van der Waals surface area contributed by atoms with E-state index in [1.165, 1.54) is 30.0 Å². The number of benzene rings is 2. The Morgan fingerprint density at radius 1 is 1.16 bits per heavy atom. The summed E-state index contributed by atoms with van der Waals surface area (Å²) in [5.74, 6) is -0.776. The van der Waals surface area contributed by atoms with Crippen molar-refractivity contribution in [3.63, 3.8) is 0 Å². The van der Waals surface area contributed by atoms with E-state index in [2.05, 4.69) is 15.5 Å². The van der Waals surface area contributed by atoms with Gasteiger partial charge in [-0.2, -0.15) is 13.2 Å². The van der Waals surface area contributed by atoms with Gasteiger partial charge in [-0.1, -0.05) is 46.9 Å². The molecular formula is C19H17F3N4O3S3. The minimum atomic E-state index is -4.68. The molecule has 0 aliphatic rings. The van der Waals surface area contributed by atoms with Gasteiger partial charge < -0.3 is 0 Å². The van der Waals surface area contributed by atoms with Crippen LogP contribution in [0.15, 0.2) is 57.8 Å². The lowest BCUT2D eigenvalue weighted by Crippen LogP contribution is -2.38. The van der Waals surface area contributed by atoms with Gasteiger partial charge in [-0.05, 0) is 43.5 Å². The molecule has 0 atom stereocenters. The van der Waals surface area contributed by atoms with E-state index in [0.717, 1.165) is 29.0 Å². The number of thioether (sulfide) groups is 1. The van der Waals surface area contributed by atoms with Crippen LogP contribution in [0.3, 0.4) is 0 Å². The molecule has 32 heavy (non-hydrogen) atoms. The van der Waals surface area contributed by atoms with Gasteiger partial charge >= 0.3 is 6.18 Å². The van der Waals surface area contributed by atoms with Gasteiger partial charge in [0.05, 0.1) is 16.1 Å². The van der Waals surface area contributed by atoms with E-state index < -0.39 is 34.2 Å². The van der Waals surface area contributed by atoms with Crippen LogP contribution in [-0.4, -0.2) is 37.3 Å². The summed E-state index contributed by atoms with van der Waals surface area (Å²) >= 11 is 2.40. The van der Waals surface area contributed by atoms with Crippen LogP contribution >= 0.6 is 23.1 Å². The zero-order valence-electron chi connectivity index (χ0n) is 16.8. The number of anilines is 2.